The average molecular weight is 488 g/mol. The van der Waals surface area contributed by atoms with Crippen molar-refractivity contribution in [1.82, 2.24) is 14.9 Å². The summed E-state index contributed by atoms with van der Waals surface area (Å²) in [6, 6.07) is 4.19. The Balaban J connectivity index is 2.04. The van der Waals surface area contributed by atoms with Gasteiger partial charge in [0, 0.05) is 13.2 Å². The van der Waals surface area contributed by atoms with Crippen LogP contribution in [0.25, 0.3) is 0 Å². The Hall–Kier alpha value is -3.22. The van der Waals surface area contributed by atoms with Crippen LogP contribution in [0, 0.1) is 20.8 Å². The van der Waals surface area contributed by atoms with E-state index in [2.05, 4.69) is 10.3 Å². The minimum atomic E-state index is -4.51. The molecule has 0 saturated heterocycles. The molecule has 0 unspecified atom stereocenters. The average Bonchev–Trinajstić information content (AvgIpc) is 3.24. The number of methoxy groups -OCH3 is 1. The summed E-state index contributed by atoms with van der Waals surface area (Å²) in [5, 5.41) is 7.97. The van der Waals surface area contributed by atoms with Crippen LogP contribution in [0.2, 0.25) is 0 Å². The zero-order valence-corrected chi connectivity index (χ0v) is 19.4. The van der Waals surface area contributed by atoms with E-state index in [1.165, 1.54) is 43.8 Å². The van der Waals surface area contributed by atoms with Gasteiger partial charge in [-0.1, -0.05) is 11.2 Å². The summed E-state index contributed by atoms with van der Waals surface area (Å²) in [5.41, 5.74) is 1.44. The van der Waals surface area contributed by atoms with Crippen molar-refractivity contribution in [3.8, 4) is 11.5 Å². The molecule has 13 heteroatoms. The van der Waals surface area contributed by atoms with Gasteiger partial charge >= 0.3 is 6.18 Å². The molecule has 0 atom stereocenters. The number of aromatic nitrogens is 3. The Kier molecular flexibility index (Phi) is 6.63. The molecule has 180 valence electrons. The number of nitrogens with zero attached hydrogens (tertiary/aromatic N) is 4. The summed E-state index contributed by atoms with van der Waals surface area (Å²) in [7, 11) is -1.20. The molecule has 2 heterocycles. The summed E-state index contributed by atoms with van der Waals surface area (Å²) in [6.45, 7) is 3.04. The molecule has 0 bridgehead atoms. The lowest BCUT2D eigenvalue weighted by molar-refractivity contribution is -0.153. The van der Waals surface area contributed by atoms with Crippen LogP contribution in [-0.4, -0.2) is 43.2 Å². The predicted octanol–water partition coefficient (Wildman–Crippen LogP) is 3.68. The van der Waals surface area contributed by atoms with E-state index in [1.807, 2.05) is 0 Å². The molecule has 33 heavy (non-hydrogen) atoms. The minimum Gasteiger partial charge on any atom is -0.493 e. The highest BCUT2D eigenvalue weighted by atomic mass is 32.2. The Morgan fingerprint density at radius 1 is 1.15 bits per heavy atom. The molecule has 0 aliphatic rings. The van der Waals surface area contributed by atoms with Crippen LogP contribution < -0.4 is 13.8 Å². The number of aryl methyl sites for hydroxylation is 4. The monoisotopic (exact) mass is 488 g/mol. The predicted molar refractivity (Wildman–Crippen MR) is 112 cm³/mol. The van der Waals surface area contributed by atoms with Gasteiger partial charge in [-0.05, 0) is 38.5 Å². The van der Waals surface area contributed by atoms with Crippen molar-refractivity contribution in [3.63, 3.8) is 0 Å². The standard InChI is InChI=1S/C20H23F3N4O5S/c1-12-16(10-26(4)24-12)27(33(28,29)19-13(2)25-32-14(19)3)9-15-6-7-17(18(8-15)30-5)31-11-20(21,22)23/h6-8,10H,9,11H2,1-5H3. The summed E-state index contributed by atoms with van der Waals surface area (Å²) >= 11 is 0. The van der Waals surface area contributed by atoms with Gasteiger partial charge in [0.25, 0.3) is 10.0 Å². The minimum absolute atomic E-state index is 0.0364. The molecule has 3 aromatic rings. The van der Waals surface area contributed by atoms with Gasteiger partial charge in [-0.2, -0.15) is 18.3 Å². The van der Waals surface area contributed by atoms with E-state index < -0.39 is 22.8 Å². The lowest BCUT2D eigenvalue weighted by Crippen LogP contribution is -2.31. The normalized spacial score (nSPS) is 12.1. The third-order valence-corrected chi connectivity index (χ3v) is 6.72. The first-order valence-electron chi connectivity index (χ1n) is 9.66. The fraction of sp³-hybridized carbons (Fsp3) is 0.400. The largest absolute Gasteiger partial charge is 0.493 e. The second-order valence-corrected chi connectivity index (χ2v) is 9.13. The molecule has 0 N–H and O–H groups in total. The molecule has 1 aromatic carbocycles. The Morgan fingerprint density at radius 2 is 1.85 bits per heavy atom. The van der Waals surface area contributed by atoms with E-state index in [0.717, 1.165) is 4.31 Å². The fourth-order valence-electron chi connectivity index (χ4n) is 3.34. The van der Waals surface area contributed by atoms with Gasteiger partial charge in [-0.25, -0.2) is 8.42 Å². The summed E-state index contributed by atoms with van der Waals surface area (Å²) in [4.78, 5) is -0.0668. The van der Waals surface area contributed by atoms with Crippen molar-refractivity contribution in [2.24, 2.45) is 7.05 Å². The Bertz CT molecular complexity index is 1230. The molecular weight excluding hydrogens is 465 g/mol. The van der Waals surface area contributed by atoms with Gasteiger partial charge in [-0.15, -0.1) is 0 Å². The van der Waals surface area contributed by atoms with Crippen molar-refractivity contribution in [2.45, 2.75) is 38.4 Å². The van der Waals surface area contributed by atoms with Crippen LogP contribution in [0.4, 0.5) is 18.9 Å². The Labute approximate surface area is 188 Å². The van der Waals surface area contributed by atoms with E-state index in [4.69, 9.17) is 14.0 Å². The summed E-state index contributed by atoms with van der Waals surface area (Å²) in [5.74, 6) is 0.0538. The third-order valence-electron chi connectivity index (χ3n) is 4.72. The lowest BCUT2D eigenvalue weighted by atomic mass is 10.2. The number of benzene rings is 1. The molecule has 0 radical (unpaired) electrons. The second kappa shape index (κ2) is 8.96. The van der Waals surface area contributed by atoms with Crippen molar-refractivity contribution in [1.29, 1.82) is 0 Å². The number of anilines is 1. The first-order valence-corrected chi connectivity index (χ1v) is 11.1. The maximum absolute atomic E-state index is 13.6. The molecule has 0 aliphatic heterocycles. The molecule has 9 nitrogen and oxygen atoms in total. The molecule has 0 amide bonds. The number of hydrogen-bond donors (Lipinski definition) is 0. The van der Waals surface area contributed by atoms with Crippen LogP contribution in [0.5, 0.6) is 11.5 Å². The number of sulfonamides is 1. The van der Waals surface area contributed by atoms with Gasteiger partial charge in [0.15, 0.2) is 28.8 Å². The van der Waals surface area contributed by atoms with Crippen LogP contribution in [0.15, 0.2) is 33.8 Å². The summed E-state index contributed by atoms with van der Waals surface area (Å²) in [6.07, 6.45) is -2.95. The van der Waals surface area contributed by atoms with Gasteiger partial charge in [-0.3, -0.25) is 8.99 Å². The van der Waals surface area contributed by atoms with Crippen molar-refractivity contribution < 1.29 is 35.6 Å². The third kappa shape index (κ3) is 5.24. The van der Waals surface area contributed by atoms with E-state index in [1.54, 1.807) is 20.2 Å². The maximum Gasteiger partial charge on any atom is 0.422 e. The first kappa shape index (κ1) is 24.4. The molecule has 3 rings (SSSR count). The molecule has 2 aromatic heterocycles. The highest BCUT2D eigenvalue weighted by Crippen LogP contribution is 2.34. The molecule has 0 fully saturated rings. The van der Waals surface area contributed by atoms with Gasteiger partial charge in [0.1, 0.15) is 5.69 Å². The molecular formula is C20H23F3N4O5S. The van der Waals surface area contributed by atoms with Gasteiger partial charge in [0.05, 0.1) is 25.0 Å². The summed E-state index contributed by atoms with van der Waals surface area (Å²) < 4.78 is 82.5. The fourth-order valence-corrected chi connectivity index (χ4v) is 5.13. The number of rotatable bonds is 8. The SMILES string of the molecule is COc1cc(CN(c2cn(C)nc2C)S(=O)(=O)c2c(C)noc2C)ccc1OCC(F)(F)F. The van der Waals surface area contributed by atoms with E-state index in [9.17, 15) is 21.6 Å². The van der Waals surface area contributed by atoms with Crippen LogP contribution in [0.3, 0.4) is 0 Å². The van der Waals surface area contributed by atoms with Crippen molar-refractivity contribution >= 4 is 15.7 Å². The van der Waals surface area contributed by atoms with Gasteiger partial charge < -0.3 is 14.0 Å². The van der Waals surface area contributed by atoms with E-state index in [0.29, 0.717) is 16.9 Å². The quantitative estimate of drug-likeness (QED) is 0.477. The molecule has 0 aliphatic carbocycles. The van der Waals surface area contributed by atoms with Crippen molar-refractivity contribution in [3.05, 3.63) is 47.1 Å². The zero-order chi connectivity index (χ0) is 24.6. The Morgan fingerprint density at radius 3 is 2.36 bits per heavy atom. The highest BCUT2D eigenvalue weighted by Gasteiger charge is 2.34. The zero-order valence-electron chi connectivity index (χ0n) is 18.6. The van der Waals surface area contributed by atoms with Crippen LogP contribution in [0.1, 0.15) is 22.7 Å². The molecule has 0 saturated carbocycles. The van der Waals surface area contributed by atoms with E-state index in [-0.39, 0.29) is 34.4 Å². The number of halogens is 3. The maximum atomic E-state index is 13.6. The lowest BCUT2D eigenvalue weighted by Gasteiger charge is -2.24. The number of alkyl halides is 3. The highest BCUT2D eigenvalue weighted by molar-refractivity contribution is 7.92. The smallest absolute Gasteiger partial charge is 0.422 e. The van der Waals surface area contributed by atoms with E-state index >= 15 is 0 Å². The van der Waals surface area contributed by atoms with Crippen molar-refractivity contribution in [2.75, 3.05) is 18.0 Å². The first-order chi connectivity index (χ1) is 15.3. The van der Waals surface area contributed by atoms with Crippen LogP contribution >= 0.6 is 0 Å². The number of ether oxygens (including phenoxy) is 2. The molecule has 0 spiro atoms. The second-order valence-electron chi connectivity index (χ2n) is 7.33. The topological polar surface area (TPSA) is 99.7 Å². The van der Waals surface area contributed by atoms with Crippen LogP contribution in [-0.2, 0) is 23.6 Å². The number of hydrogen-bond acceptors (Lipinski definition) is 7. The van der Waals surface area contributed by atoms with Gasteiger partial charge in [0.2, 0.25) is 0 Å².